The van der Waals surface area contributed by atoms with E-state index in [-0.39, 0.29) is 5.91 Å². The first-order valence-corrected chi connectivity index (χ1v) is 10.0. The van der Waals surface area contributed by atoms with E-state index in [1.165, 1.54) is 32.1 Å². The van der Waals surface area contributed by atoms with E-state index in [4.69, 9.17) is 10.5 Å². The van der Waals surface area contributed by atoms with Crippen LogP contribution in [0.2, 0.25) is 0 Å². The molecule has 1 aliphatic rings. The average Bonchev–Trinajstić information content (AvgIpc) is 2.73. The molecule has 1 aliphatic carbocycles. The summed E-state index contributed by atoms with van der Waals surface area (Å²) in [6, 6.07) is 17.5. The molecule has 2 aromatic rings. The Bertz CT molecular complexity index is 711. The Morgan fingerprint density at radius 3 is 2.44 bits per heavy atom. The second-order valence-electron chi connectivity index (χ2n) is 7.31. The van der Waals surface area contributed by atoms with Crippen molar-refractivity contribution in [1.29, 1.82) is 0 Å². The average molecular weight is 367 g/mol. The van der Waals surface area contributed by atoms with Crippen LogP contribution in [0.1, 0.15) is 48.0 Å². The van der Waals surface area contributed by atoms with Crippen LogP contribution in [0.3, 0.4) is 0 Å². The second kappa shape index (κ2) is 10.1. The fourth-order valence-electron chi connectivity index (χ4n) is 3.79. The molecule has 0 bridgehead atoms. The topological polar surface area (TPSA) is 55.6 Å². The summed E-state index contributed by atoms with van der Waals surface area (Å²) in [5, 5.41) is 0. The zero-order valence-corrected chi connectivity index (χ0v) is 16.0. The highest BCUT2D eigenvalue weighted by molar-refractivity contribution is 5.97. The molecule has 27 heavy (non-hydrogen) atoms. The molecule has 0 aliphatic heterocycles. The Morgan fingerprint density at radius 1 is 1.00 bits per heavy atom. The van der Waals surface area contributed by atoms with Gasteiger partial charge in [-0.15, -0.1) is 0 Å². The molecule has 4 heteroatoms. The number of carbonyl (C=O) groups excluding carboxylic acids is 1. The van der Waals surface area contributed by atoms with Gasteiger partial charge >= 0.3 is 0 Å². The monoisotopic (exact) mass is 366 g/mol. The van der Waals surface area contributed by atoms with Crippen LogP contribution < -0.4 is 10.5 Å². The van der Waals surface area contributed by atoms with Crippen LogP contribution in [0.5, 0.6) is 5.75 Å². The Kier molecular flexibility index (Phi) is 7.28. The first kappa shape index (κ1) is 19.4. The summed E-state index contributed by atoms with van der Waals surface area (Å²) in [6.45, 7) is 2.31. The molecule has 0 heterocycles. The van der Waals surface area contributed by atoms with Crippen molar-refractivity contribution in [3.8, 4) is 5.75 Å². The minimum atomic E-state index is 0.0229. The van der Waals surface area contributed by atoms with Gasteiger partial charge in [-0.2, -0.15) is 0 Å². The molecule has 1 fully saturated rings. The third kappa shape index (κ3) is 5.57. The van der Waals surface area contributed by atoms with Gasteiger partial charge in [0.25, 0.3) is 5.91 Å². The van der Waals surface area contributed by atoms with Crippen molar-refractivity contribution >= 4 is 5.91 Å². The zero-order chi connectivity index (χ0) is 18.9. The quantitative estimate of drug-likeness (QED) is 0.760. The molecule has 0 atom stereocenters. The molecule has 4 nitrogen and oxygen atoms in total. The smallest absolute Gasteiger partial charge is 0.257 e. The van der Waals surface area contributed by atoms with Crippen LogP contribution in [0, 0.1) is 5.92 Å². The van der Waals surface area contributed by atoms with E-state index in [0.29, 0.717) is 36.9 Å². The second-order valence-corrected chi connectivity index (χ2v) is 7.31. The van der Waals surface area contributed by atoms with Crippen LogP contribution in [-0.2, 0) is 6.61 Å². The summed E-state index contributed by atoms with van der Waals surface area (Å²) in [5.74, 6) is 1.25. The highest BCUT2D eigenvalue weighted by Crippen LogP contribution is 2.26. The largest absolute Gasteiger partial charge is 0.488 e. The number of para-hydroxylation sites is 1. The van der Waals surface area contributed by atoms with Gasteiger partial charge in [-0.05, 0) is 36.5 Å². The number of carbonyl (C=O) groups is 1. The Hall–Kier alpha value is -2.33. The van der Waals surface area contributed by atoms with Crippen molar-refractivity contribution in [2.75, 3.05) is 19.6 Å². The number of amides is 1. The maximum Gasteiger partial charge on any atom is 0.257 e. The number of hydrogen-bond donors (Lipinski definition) is 1. The van der Waals surface area contributed by atoms with Gasteiger partial charge in [-0.3, -0.25) is 4.79 Å². The van der Waals surface area contributed by atoms with Crippen LogP contribution in [0.25, 0.3) is 0 Å². The number of hydrogen-bond acceptors (Lipinski definition) is 3. The number of benzene rings is 2. The van der Waals surface area contributed by atoms with Crippen molar-refractivity contribution in [2.24, 2.45) is 11.7 Å². The fourth-order valence-corrected chi connectivity index (χ4v) is 3.79. The van der Waals surface area contributed by atoms with Gasteiger partial charge in [0.1, 0.15) is 12.4 Å². The van der Waals surface area contributed by atoms with E-state index in [1.807, 2.05) is 59.5 Å². The van der Waals surface area contributed by atoms with Crippen molar-refractivity contribution in [3.63, 3.8) is 0 Å². The predicted octanol–water partition coefficient (Wildman–Crippen LogP) is 4.25. The molecule has 0 saturated heterocycles. The lowest BCUT2D eigenvalue weighted by Crippen LogP contribution is -2.39. The Morgan fingerprint density at radius 2 is 1.70 bits per heavy atom. The van der Waals surface area contributed by atoms with E-state index in [2.05, 4.69) is 0 Å². The first-order valence-electron chi connectivity index (χ1n) is 10.0. The summed E-state index contributed by atoms with van der Waals surface area (Å²) < 4.78 is 5.98. The molecular weight excluding hydrogens is 336 g/mol. The minimum absolute atomic E-state index is 0.0229. The van der Waals surface area contributed by atoms with Gasteiger partial charge in [0.2, 0.25) is 0 Å². The molecule has 2 aromatic carbocycles. The van der Waals surface area contributed by atoms with Gasteiger partial charge in [0.05, 0.1) is 5.56 Å². The van der Waals surface area contributed by atoms with E-state index >= 15 is 0 Å². The molecule has 1 amide bonds. The van der Waals surface area contributed by atoms with E-state index in [1.54, 1.807) is 0 Å². The molecule has 3 rings (SSSR count). The molecule has 2 N–H and O–H groups in total. The maximum atomic E-state index is 13.2. The Labute approximate surface area is 162 Å². The molecule has 0 aromatic heterocycles. The molecular formula is C23H30N2O2. The van der Waals surface area contributed by atoms with Gasteiger partial charge in [-0.25, -0.2) is 0 Å². The van der Waals surface area contributed by atoms with E-state index in [9.17, 15) is 4.79 Å². The number of rotatable bonds is 8. The van der Waals surface area contributed by atoms with Gasteiger partial charge in [0.15, 0.2) is 0 Å². The highest BCUT2D eigenvalue weighted by Gasteiger charge is 2.23. The van der Waals surface area contributed by atoms with Crippen LogP contribution in [0.4, 0.5) is 0 Å². The summed E-state index contributed by atoms with van der Waals surface area (Å²) in [5.41, 5.74) is 7.50. The standard InChI is InChI=1S/C23H30N2O2/c24-15-16-25(17-19-9-3-1-4-10-19)23(26)21-13-7-8-14-22(21)27-18-20-11-5-2-6-12-20/h2,5-8,11-14,19H,1,3-4,9-10,15-18,24H2. The zero-order valence-electron chi connectivity index (χ0n) is 16.0. The first-order chi connectivity index (χ1) is 13.3. The van der Waals surface area contributed by atoms with Crippen LogP contribution in [-0.4, -0.2) is 30.4 Å². The fraction of sp³-hybridized carbons (Fsp3) is 0.435. The summed E-state index contributed by atoms with van der Waals surface area (Å²) >= 11 is 0. The number of nitrogens with two attached hydrogens (primary N) is 1. The molecule has 1 saturated carbocycles. The van der Waals surface area contributed by atoms with Gasteiger partial charge < -0.3 is 15.4 Å². The van der Waals surface area contributed by atoms with Crippen molar-refractivity contribution in [2.45, 2.75) is 38.7 Å². The van der Waals surface area contributed by atoms with Gasteiger partial charge in [-0.1, -0.05) is 61.7 Å². The van der Waals surface area contributed by atoms with Crippen molar-refractivity contribution in [1.82, 2.24) is 4.90 Å². The molecule has 0 unspecified atom stereocenters. The normalized spacial score (nSPS) is 14.7. The third-order valence-electron chi connectivity index (χ3n) is 5.24. The van der Waals surface area contributed by atoms with E-state index < -0.39 is 0 Å². The lowest BCUT2D eigenvalue weighted by molar-refractivity contribution is 0.0714. The SMILES string of the molecule is NCCN(CC1CCCCC1)C(=O)c1ccccc1OCc1ccccc1. The highest BCUT2D eigenvalue weighted by atomic mass is 16.5. The number of ether oxygens (including phenoxy) is 1. The van der Waals surface area contributed by atoms with Crippen molar-refractivity contribution in [3.05, 3.63) is 65.7 Å². The summed E-state index contributed by atoms with van der Waals surface area (Å²) in [6.07, 6.45) is 6.27. The third-order valence-corrected chi connectivity index (χ3v) is 5.24. The predicted molar refractivity (Wildman–Crippen MR) is 109 cm³/mol. The maximum absolute atomic E-state index is 13.2. The van der Waals surface area contributed by atoms with Gasteiger partial charge in [0, 0.05) is 19.6 Å². The summed E-state index contributed by atoms with van der Waals surface area (Å²) in [7, 11) is 0. The van der Waals surface area contributed by atoms with Crippen LogP contribution >= 0.6 is 0 Å². The lowest BCUT2D eigenvalue weighted by Gasteiger charge is -2.30. The van der Waals surface area contributed by atoms with Crippen molar-refractivity contribution < 1.29 is 9.53 Å². The van der Waals surface area contributed by atoms with Crippen LogP contribution in [0.15, 0.2) is 54.6 Å². The molecule has 144 valence electrons. The molecule has 0 radical (unpaired) electrons. The minimum Gasteiger partial charge on any atom is -0.488 e. The lowest BCUT2D eigenvalue weighted by atomic mass is 9.89. The van der Waals surface area contributed by atoms with E-state index in [0.717, 1.165) is 12.1 Å². The molecule has 0 spiro atoms. The number of nitrogens with zero attached hydrogens (tertiary/aromatic N) is 1. The summed E-state index contributed by atoms with van der Waals surface area (Å²) in [4.78, 5) is 15.1. The Balaban J connectivity index is 1.71.